The molecule has 0 radical (unpaired) electrons. The van der Waals surface area contributed by atoms with Gasteiger partial charge in [-0.3, -0.25) is 4.79 Å². The molecule has 1 saturated heterocycles. The van der Waals surface area contributed by atoms with Gasteiger partial charge in [-0.1, -0.05) is 61.2 Å². The molecule has 0 spiro atoms. The molecular weight excluding hydrogens is 442 g/mol. The summed E-state index contributed by atoms with van der Waals surface area (Å²) in [7, 11) is 0. The molecule has 4 rings (SSSR count). The molecule has 1 aliphatic rings. The van der Waals surface area contributed by atoms with Crippen LogP contribution in [0, 0.1) is 0 Å². The first-order valence-corrected chi connectivity index (χ1v) is 12.9. The van der Waals surface area contributed by atoms with E-state index in [9.17, 15) is 4.79 Å². The Morgan fingerprint density at radius 1 is 1.00 bits per heavy atom. The van der Waals surface area contributed by atoms with Gasteiger partial charge in [0.15, 0.2) is 5.16 Å². The van der Waals surface area contributed by atoms with Crippen LogP contribution in [0.15, 0.2) is 65.8 Å². The number of carbonyl (C=O) groups is 1. The van der Waals surface area contributed by atoms with Crippen LogP contribution < -0.4 is 10.2 Å². The Bertz CT molecular complexity index is 1100. The molecule has 1 N–H and O–H groups in total. The first kappa shape index (κ1) is 24.2. The zero-order valence-electron chi connectivity index (χ0n) is 20.2. The number of carbonyl (C=O) groups excluding carboxylic acids is 1. The van der Waals surface area contributed by atoms with Gasteiger partial charge in [-0.15, -0.1) is 0 Å². The van der Waals surface area contributed by atoms with Gasteiger partial charge in [-0.2, -0.15) is 0 Å². The molecule has 2 heterocycles. The molecule has 6 nitrogen and oxygen atoms in total. The Kier molecular flexibility index (Phi) is 8.19. The van der Waals surface area contributed by atoms with Crippen LogP contribution in [0.4, 0.5) is 5.82 Å². The summed E-state index contributed by atoms with van der Waals surface area (Å²) >= 11 is 1.61. The van der Waals surface area contributed by atoms with Gasteiger partial charge >= 0.3 is 0 Å². The van der Waals surface area contributed by atoms with E-state index in [0.29, 0.717) is 11.3 Å². The lowest BCUT2D eigenvalue weighted by Crippen LogP contribution is -2.46. The fourth-order valence-electron chi connectivity index (χ4n) is 3.99. The average molecular weight is 476 g/mol. The number of likely N-dealkylation sites (N-methyl/N-ethyl adjacent to an activating group) is 1. The highest BCUT2D eigenvalue weighted by Gasteiger charge is 2.19. The molecule has 1 amide bonds. The monoisotopic (exact) mass is 475 g/mol. The van der Waals surface area contributed by atoms with Crippen molar-refractivity contribution in [3.8, 4) is 11.3 Å². The first-order valence-electron chi connectivity index (χ1n) is 12.0. The Morgan fingerprint density at radius 2 is 1.76 bits per heavy atom. The van der Waals surface area contributed by atoms with Gasteiger partial charge in [0.05, 0.1) is 5.69 Å². The van der Waals surface area contributed by atoms with E-state index in [-0.39, 0.29) is 11.9 Å². The summed E-state index contributed by atoms with van der Waals surface area (Å²) in [4.78, 5) is 27.0. The number of anilines is 1. The maximum absolute atomic E-state index is 12.4. The number of aromatic nitrogens is 2. The predicted molar refractivity (Wildman–Crippen MR) is 140 cm³/mol. The van der Waals surface area contributed by atoms with Gasteiger partial charge in [-0.05, 0) is 38.1 Å². The number of benzene rings is 2. The fourth-order valence-corrected chi connectivity index (χ4v) is 4.78. The number of nitrogens with one attached hydrogen (secondary N) is 1. The molecule has 1 fully saturated rings. The van der Waals surface area contributed by atoms with E-state index >= 15 is 0 Å². The van der Waals surface area contributed by atoms with E-state index in [0.717, 1.165) is 60.5 Å². The Balaban J connectivity index is 1.55. The number of nitrogens with zero attached hydrogens (tertiary/aromatic N) is 4. The lowest BCUT2D eigenvalue weighted by atomic mass is 10.1. The third kappa shape index (κ3) is 6.36. The second kappa shape index (κ2) is 11.5. The van der Waals surface area contributed by atoms with Crippen molar-refractivity contribution in [1.29, 1.82) is 0 Å². The minimum Gasteiger partial charge on any atom is -0.354 e. The third-order valence-electron chi connectivity index (χ3n) is 5.88. The maximum atomic E-state index is 12.4. The van der Waals surface area contributed by atoms with E-state index in [1.165, 1.54) is 0 Å². The topological polar surface area (TPSA) is 61.4 Å². The van der Waals surface area contributed by atoms with Crippen LogP contribution in [0.2, 0.25) is 0 Å². The molecule has 1 aliphatic heterocycles. The molecule has 0 unspecified atom stereocenters. The van der Waals surface area contributed by atoms with Gasteiger partial charge in [0.1, 0.15) is 5.82 Å². The Morgan fingerprint density at radius 3 is 2.47 bits per heavy atom. The lowest BCUT2D eigenvalue weighted by Gasteiger charge is -2.35. The van der Waals surface area contributed by atoms with Gasteiger partial charge in [0, 0.05) is 55.2 Å². The molecule has 3 aromatic rings. The van der Waals surface area contributed by atoms with Crippen LogP contribution in [0.5, 0.6) is 0 Å². The largest absolute Gasteiger partial charge is 0.354 e. The van der Waals surface area contributed by atoms with Crippen molar-refractivity contribution in [2.75, 3.05) is 37.6 Å². The number of hydrogen-bond acceptors (Lipinski definition) is 6. The first-order chi connectivity index (χ1) is 16.5. The molecule has 0 saturated carbocycles. The van der Waals surface area contributed by atoms with Crippen molar-refractivity contribution in [2.24, 2.45) is 0 Å². The molecule has 2 aromatic carbocycles. The minimum absolute atomic E-state index is 0.0438. The van der Waals surface area contributed by atoms with E-state index < -0.39 is 0 Å². The van der Waals surface area contributed by atoms with Crippen LogP contribution in [-0.4, -0.2) is 59.5 Å². The summed E-state index contributed by atoms with van der Waals surface area (Å²) in [6, 6.07) is 20.3. The van der Waals surface area contributed by atoms with E-state index in [4.69, 9.17) is 9.97 Å². The normalized spacial score (nSPS) is 14.4. The van der Waals surface area contributed by atoms with E-state index in [2.05, 4.69) is 40.2 Å². The Hall–Kier alpha value is -2.90. The highest BCUT2D eigenvalue weighted by atomic mass is 32.2. The van der Waals surface area contributed by atoms with Crippen LogP contribution >= 0.6 is 11.8 Å². The van der Waals surface area contributed by atoms with Crippen LogP contribution in [-0.2, 0) is 5.75 Å². The summed E-state index contributed by atoms with van der Waals surface area (Å²) in [6.45, 7) is 11.3. The quantitative estimate of drug-likeness (QED) is 0.376. The molecule has 0 aliphatic carbocycles. The SMILES string of the molecule is CCN1CCN(c2cc(-c3ccccc3)nc(SCc3cccc(C(=O)NC(C)C)c3)n2)CC1. The fraction of sp³-hybridized carbons (Fsp3) is 0.370. The van der Waals surface area contributed by atoms with Gasteiger partial charge < -0.3 is 15.1 Å². The highest BCUT2D eigenvalue weighted by Crippen LogP contribution is 2.28. The van der Waals surface area contributed by atoms with Crippen molar-refractivity contribution in [1.82, 2.24) is 20.2 Å². The lowest BCUT2D eigenvalue weighted by molar-refractivity contribution is 0.0943. The molecule has 0 atom stereocenters. The molecular formula is C27H33N5OS. The number of piperazine rings is 1. The Labute approximate surface area is 206 Å². The molecule has 7 heteroatoms. The number of rotatable bonds is 8. The highest BCUT2D eigenvalue weighted by molar-refractivity contribution is 7.98. The number of amides is 1. The zero-order chi connectivity index (χ0) is 23.9. The predicted octanol–water partition coefficient (Wildman–Crippen LogP) is 4.72. The summed E-state index contributed by atoms with van der Waals surface area (Å²) in [5, 5.41) is 3.71. The van der Waals surface area contributed by atoms with E-state index in [1.54, 1.807) is 11.8 Å². The maximum Gasteiger partial charge on any atom is 0.251 e. The molecule has 178 valence electrons. The minimum atomic E-state index is -0.0438. The molecule has 0 bridgehead atoms. The summed E-state index contributed by atoms with van der Waals surface area (Å²) < 4.78 is 0. The second-order valence-corrected chi connectivity index (χ2v) is 9.74. The van der Waals surface area contributed by atoms with Crippen LogP contribution in [0.3, 0.4) is 0 Å². The number of thioether (sulfide) groups is 1. The number of hydrogen-bond donors (Lipinski definition) is 1. The average Bonchev–Trinajstić information content (AvgIpc) is 2.87. The van der Waals surface area contributed by atoms with Crippen molar-refractivity contribution < 1.29 is 4.79 Å². The van der Waals surface area contributed by atoms with Crippen LogP contribution in [0.1, 0.15) is 36.7 Å². The van der Waals surface area contributed by atoms with Gasteiger partial charge in [0.2, 0.25) is 0 Å². The third-order valence-corrected chi connectivity index (χ3v) is 6.80. The van der Waals surface area contributed by atoms with Crippen molar-refractivity contribution >= 4 is 23.5 Å². The van der Waals surface area contributed by atoms with Gasteiger partial charge in [-0.25, -0.2) is 9.97 Å². The summed E-state index contributed by atoms with van der Waals surface area (Å²) in [5.41, 5.74) is 3.79. The summed E-state index contributed by atoms with van der Waals surface area (Å²) in [5.74, 6) is 1.64. The van der Waals surface area contributed by atoms with Crippen LogP contribution in [0.25, 0.3) is 11.3 Å². The van der Waals surface area contributed by atoms with Crippen molar-refractivity contribution in [3.63, 3.8) is 0 Å². The van der Waals surface area contributed by atoms with Crippen molar-refractivity contribution in [2.45, 2.75) is 37.7 Å². The zero-order valence-corrected chi connectivity index (χ0v) is 21.0. The molecule has 34 heavy (non-hydrogen) atoms. The van der Waals surface area contributed by atoms with E-state index in [1.807, 2.05) is 56.3 Å². The standard InChI is InChI=1S/C27H33N5OS/c1-4-31-13-15-32(16-14-31)25-18-24(22-10-6-5-7-11-22)29-27(30-25)34-19-21-9-8-12-23(17-21)26(33)28-20(2)3/h5-12,17-18,20H,4,13-16,19H2,1-3H3,(H,28,33). The second-order valence-electron chi connectivity index (χ2n) is 8.80. The molecule has 1 aromatic heterocycles. The smallest absolute Gasteiger partial charge is 0.251 e. The summed E-state index contributed by atoms with van der Waals surface area (Å²) in [6.07, 6.45) is 0. The van der Waals surface area contributed by atoms with Crippen molar-refractivity contribution in [3.05, 3.63) is 71.8 Å². The van der Waals surface area contributed by atoms with Gasteiger partial charge in [0.25, 0.3) is 5.91 Å².